The third kappa shape index (κ3) is 3.53. The lowest BCUT2D eigenvalue weighted by atomic mass is 10.0. The smallest absolute Gasteiger partial charge is 0.174 e. The second-order valence-corrected chi connectivity index (χ2v) is 7.58. The van der Waals surface area contributed by atoms with Crippen LogP contribution in [-0.2, 0) is 0 Å². The van der Waals surface area contributed by atoms with Crippen LogP contribution in [0, 0.1) is 0 Å². The zero-order valence-corrected chi connectivity index (χ0v) is 17.7. The molecule has 6 nitrogen and oxygen atoms in total. The van der Waals surface area contributed by atoms with Crippen molar-refractivity contribution in [3.8, 4) is 11.6 Å². The molecule has 1 aliphatic rings. The Morgan fingerprint density at radius 2 is 1.77 bits per heavy atom. The van der Waals surface area contributed by atoms with Gasteiger partial charge in [-0.25, -0.2) is 4.98 Å². The molecule has 5 rings (SSSR count). The molecule has 0 saturated carbocycles. The maximum absolute atomic E-state index is 5.81. The first kappa shape index (κ1) is 19.3. The summed E-state index contributed by atoms with van der Waals surface area (Å²) in [5, 5.41) is 4.13. The predicted molar refractivity (Wildman–Crippen MR) is 124 cm³/mol. The van der Waals surface area contributed by atoms with Gasteiger partial charge >= 0.3 is 0 Å². The highest BCUT2D eigenvalue weighted by Crippen LogP contribution is 2.42. The second-order valence-electron chi connectivity index (χ2n) is 7.19. The number of benzene rings is 1. The molecule has 0 bridgehead atoms. The van der Waals surface area contributed by atoms with Crippen molar-refractivity contribution in [2.45, 2.75) is 12.1 Å². The summed E-state index contributed by atoms with van der Waals surface area (Å²) in [5.74, 6) is 1.63. The molecule has 2 atom stereocenters. The average molecular weight is 428 g/mol. The van der Waals surface area contributed by atoms with E-state index in [4.69, 9.17) is 17.0 Å². The van der Waals surface area contributed by atoms with Gasteiger partial charge in [0.15, 0.2) is 5.11 Å². The zero-order chi connectivity index (χ0) is 21.2. The van der Waals surface area contributed by atoms with E-state index in [-0.39, 0.29) is 12.1 Å². The molecular weight excluding hydrogens is 406 g/mol. The lowest BCUT2D eigenvalue weighted by Crippen LogP contribution is -2.30. The number of aromatic nitrogens is 3. The highest BCUT2D eigenvalue weighted by Gasteiger charge is 2.42. The van der Waals surface area contributed by atoms with E-state index in [9.17, 15) is 0 Å². The van der Waals surface area contributed by atoms with Crippen LogP contribution in [0.2, 0.25) is 0 Å². The lowest BCUT2D eigenvalue weighted by molar-refractivity contribution is 0.414. The molecule has 1 aromatic carbocycles. The summed E-state index contributed by atoms with van der Waals surface area (Å²) in [4.78, 5) is 11.3. The molecule has 1 saturated heterocycles. The Hall–Kier alpha value is -3.71. The van der Waals surface area contributed by atoms with Crippen LogP contribution in [0.15, 0.2) is 91.4 Å². The van der Waals surface area contributed by atoms with Gasteiger partial charge in [0.25, 0.3) is 0 Å². The summed E-state index contributed by atoms with van der Waals surface area (Å²) in [6.45, 7) is 0. The summed E-state index contributed by atoms with van der Waals surface area (Å²) in [6, 6.07) is 23.7. The maximum atomic E-state index is 5.81. The van der Waals surface area contributed by atoms with E-state index in [0.29, 0.717) is 5.11 Å². The zero-order valence-electron chi connectivity index (χ0n) is 16.9. The molecular formula is C24H21N5OS. The quantitative estimate of drug-likeness (QED) is 0.475. The number of nitrogens with zero attached hydrogens (tertiary/aromatic N) is 4. The fourth-order valence-electron chi connectivity index (χ4n) is 4.03. The molecule has 1 aliphatic heterocycles. The van der Waals surface area contributed by atoms with Crippen molar-refractivity contribution >= 4 is 23.0 Å². The van der Waals surface area contributed by atoms with Gasteiger partial charge in [-0.15, -0.1) is 0 Å². The van der Waals surface area contributed by atoms with E-state index in [1.165, 1.54) is 0 Å². The molecule has 31 heavy (non-hydrogen) atoms. The van der Waals surface area contributed by atoms with Gasteiger partial charge in [0.05, 0.1) is 18.8 Å². The van der Waals surface area contributed by atoms with Crippen molar-refractivity contribution < 1.29 is 4.74 Å². The van der Waals surface area contributed by atoms with Crippen molar-refractivity contribution in [3.05, 3.63) is 103 Å². The summed E-state index contributed by atoms with van der Waals surface area (Å²) >= 11 is 5.81. The highest BCUT2D eigenvalue weighted by atomic mass is 32.1. The molecule has 3 aromatic heterocycles. The predicted octanol–water partition coefficient (Wildman–Crippen LogP) is 4.45. The van der Waals surface area contributed by atoms with Gasteiger partial charge in [0.1, 0.15) is 17.6 Å². The fourth-order valence-corrected chi connectivity index (χ4v) is 4.38. The third-order valence-corrected chi connectivity index (χ3v) is 5.72. The van der Waals surface area contributed by atoms with Gasteiger partial charge in [0, 0.05) is 36.0 Å². The van der Waals surface area contributed by atoms with E-state index in [1.807, 2.05) is 79.1 Å². The molecule has 2 unspecified atom stereocenters. The number of methoxy groups -OCH3 is 1. The van der Waals surface area contributed by atoms with Crippen molar-refractivity contribution in [3.63, 3.8) is 0 Å². The molecule has 7 heteroatoms. The van der Waals surface area contributed by atoms with Gasteiger partial charge in [-0.05, 0) is 60.7 Å². The largest absolute Gasteiger partial charge is 0.497 e. The van der Waals surface area contributed by atoms with Crippen LogP contribution in [0.3, 0.4) is 0 Å². The molecule has 1 fully saturated rings. The first-order chi connectivity index (χ1) is 15.3. The van der Waals surface area contributed by atoms with Crippen molar-refractivity contribution in [1.29, 1.82) is 0 Å². The number of pyridine rings is 2. The minimum Gasteiger partial charge on any atom is -0.497 e. The molecule has 0 amide bonds. The average Bonchev–Trinajstić information content (AvgIpc) is 3.44. The second kappa shape index (κ2) is 8.20. The van der Waals surface area contributed by atoms with E-state index < -0.39 is 0 Å². The Bertz CT molecular complexity index is 1190. The number of rotatable bonds is 5. The minimum atomic E-state index is -0.133. The normalized spacial score (nSPS) is 18.1. The van der Waals surface area contributed by atoms with Gasteiger partial charge < -0.3 is 19.5 Å². The van der Waals surface area contributed by atoms with E-state index >= 15 is 0 Å². The standard InChI is InChI=1S/C24H21N5OS/c1-30-18-9-6-8-17(16-18)29-23(22(27-24(29)31)19-10-2-4-13-25-19)20-11-7-15-28(20)21-12-3-5-14-26-21/h2-16,22-23H,1H3,(H,27,31). The van der Waals surface area contributed by atoms with Gasteiger partial charge in [-0.2, -0.15) is 0 Å². The number of nitrogens with one attached hydrogen (secondary N) is 1. The summed E-state index contributed by atoms with van der Waals surface area (Å²) in [7, 11) is 1.67. The Balaban J connectivity index is 1.67. The number of anilines is 1. The highest BCUT2D eigenvalue weighted by molar-refractivity contribution is 7.80. The van der Waals surface area contributed by atoms with Crippen LogP contribution in [-0.4, -0.2) is 26.8 Å². The molecule has 0 aliphatic carbocycles. The molecule has 154 valence electrons. The monoisotopic (exact) mass is 427 g/mol. The number of ether oxygens (including phenoxy) is 1. The fraction of sp³-hybridized carbons (Fsp3) is 0.125. The van der Waals surface area contributed by atoms with E-state index in [1.54, 1.807) is 13.3 Å². The first-order valence-electron chi connectivity index (χ1n) is 9.99. The SMILES string of the molecule is COc1cccc(N2C(=S)NC(c3ccccn3)C2c2cccn2-c2ccccn2)c1. The Morgan fingerprint density at radius 3 is 2.52 bits per heavy atom. The number of thiocarbonyl (C=S) groups is 1. The Labute approximate surface area is 186 Å². The molecule has 0 spiro atoms. The van der Waals surface area contributed by atoms with Gasteiger partial charge in [-0.1, -0.05) is 18.2 Å². The van der Waals surface area contributed by atoms with Gasteiger partial charge in [-0.3, -0.25) is 4.98 Å². The molecule has 4 heterocycles. The topological polar surface area (TPSA) is 55.2 Å². The summed E-state index contributed by atoms with van der Waals surface area (Å²) in [6.07, 6.45) is 5.63. The number of hydrogen-bond donors (Lipinski definition) is 1. The van der Waals surface area contributed by atoms with Crippen LogP contribution in [0.25, 0.3) is 5.82 Å². The van der Waals surface area contributed by atoms with Crippen LogP contribution >= 0.6 is 12.2 Å². The van der Waals surface area contributed by atoms with Crippen LogP contribution in [0.5, 0.6) is 5.75 Å². The van der Waals surface area contributed by atoms with Crippen LogP contribution in [0.1, 0.15) is 23.5 Å². The van der Waals surface area contributed by atoms with Crippen molar-refractivity contribution in [1.82, 2.24) is 19.9 Å². The molecule has 1 N–H and O–H groups in total. The lowest BCUT2D eigenvalue weighted by Gasteiger charge is -2.29. The molecule has 0 radical (unpaired) electrons. The van der Waals surface area contributed by atoms with Gasteiger partial charge in [0.2, 0.25) is 0 Å². The minimum absolute atomic E-state index is 0.128. The third-order valence-electron chi connectivity index (χ3n) is 5.41. The summed E-state index contributed by atoms with van der Waals surface area (Å²) in [5.41, 5.74) is 2.94. The van der Waals surface area contributed by atoms with Crippen molar-refractivity contribution in [2.24, 2.45) is 0 Å². The summed E-state index contributed by atoms with van der Waals surface area (Å²) < 4.78 is 7.56. The van der Waals surface area contributed by atoms with Crippen LogP contribution < -0.4 is 15.0 Å². The van der Waals surface area contributed by atoms with E-state index in [0.717, 1.165) is 28.6 Å². The van der Waals surface area contributed by atoms with Crippen LogP contribution in [0.4, 0.5) is 5.69 Å². The number of hydrogen-bond acceptors (Lipinski definition) is 4. The van der Waals surface area contributed by atoms with E-state index in [2.05, 4.69) is 30.8 Å². The first-order valence-corrected chi connectivity index (χ1v) is 10.4. The Morgan fingerprint density at radius 1 is 0.935 bits per heavy atom. The Kier molecular flexibility index (Phi) is 5.09. The maximum Gasteiger partial charge on any atom is 0.174 e. The molecule has 4 aromatic rings. The van der Waals surface area contributed by atoms with Crippen molar-refractivity contribution in [2.75, 3.05) is 12.0 Å².